The van der Waals surface area contributed by atoms with Crippen LogP contribution in [0.2, 0.25) is 0 Å². The van der Waals surface area contributed by atoms with Crippen LogP contribution in [0.15, 0.2) is 25.5 Å². The van der Waals surface area contributed by atoms with Crippen molar-refractivity contribution in [3.8, 4) is 0 Å². The number of carbonyl (C=O) groups is 2. The van der Waals surface area contributed by atoms with E-state index in [1.54, 1.807) is 0 Å². The Hall–Kier alpha value is -1.58. The van der Waals surface area contributed by atoms with Gasteiger partial charge in [-0.25, -0.2) is 4.79 Å². The predicted octanol–water partition coefficient (Wildman–Crippen LogP) is 8.45. The molecule has 0 aliphatic heterocycles. The molecule has 0 aromatic rings. The molecule has 0 heterocycles. The highest BCUT2D eigenvalue weighted by atomic mass is 16.5. The van der Waals surface area contributed by atoms with Gasteiger partial charge in [0.2, 0.25) is 0 Å². The summed E-state index contributed by atoms with van der Waals surface area (Å²) in [7, 11) is 0. The number of rotatable bonds is 21. The van der Waals surface area contributed by atoms with Crippen molar-refractivity contribution in [3.05, 3.63) is 25.5 Å². The summed E-state index contributed by atoms with van der Waals surface area (Å²) in [5, 5.41) is 0. The van der Waals surface area contributed by atoms with Crippen molar-refractivity contribution in [1.29, 1.82) is 0 Å². The Balaban J connectivity index is 0. The third kappa shape index (κ3) is 30.7. The van der Waals surface area contributed by atoms with E-state index in [4.69, 9.17) is 0 Å². The Morgan fingerprint density at radius 1 is 0.645 bits per heavy atom. The van der Waals surface area contributed by atoms with E-state index in [1.165, 1.54) is 95.8 Å². The number of ether oxygens (including phenoxy) is 2. The molecule has 0 aliphatic rings. The second kappa shape index (κ2) is 28.4. The van der Waals surface area contributed by atoms with Crippen LogP contribution in [0.5, 0.6) is 0 Å². The lowest BCUT2D eigenvalue weighted by molar-refractivity contribution is -0.138. The van der Waals surface area contributed by atoms with Gasteiger partial charge in [-0.2, -0.15) is 0 Å². The van der Waals surface area contributed by atoms with E-state index < -0.39 is 0 Å². The fraction of sp³-hybridized carbons (Fsp3) is 0.778. The topological polar surface area (TPSA) is 52.6 Å². The standard InChI is InChI=1S/C20H38O2.C7H12O2/c1-3-5-6-7-8-9-10-11-12-13-14-15-16-17-18-19-20(21)22-4-2;1-3-5-6-9-7(8)4-2/h4H,2-3,5-19H2,1H3;4H,2-3,5-6H2,1H3. The van der Waals surface area contributed by atoms with E-state index in [-0.39, 0.29) is 11.9 Å². The van der Waals surface area contributed by atoms with Gasteiger partial charge in [-0.1, -0.05) is 123 Å². The first-order valence-corrected chi connectivity index (χ1v) is 12.7. The van der Waals surface area contributed by atoms with Gasteiger partial charge in [0, 0.05) is 12.5 Å². The predicted molar refractivity (Wildman–Crippen MR) is 132 cm³/mol. The molecule has 0 aromatic heterocycles. The monoisotopic (exact) mass is 438 g/mol. The SMILES string of the molecule is C=CC(=O)OCCCC.C=COC(=O)CCCCCCCCCCCCCCCCC. The van der Waals surface area contributed by atoms with E-state index in [1.807, 2.05) is 6.92 Å². The molecular formula is C27H50O4. The summed E-state index contributed by atoms with van der Waals surface area (Å²) in [4.78, 5) is 21.4. The molecule has 0 rings (SSSR count). The van der Waals surface area contributed by atoms with Crippen LogP contribution < -0.4 is 0 Å². The van der Waals surface area contributed by atoms with Crippen molar-refractivity contribution < 1.29 is 19.1 Å². The average Bonchev–Trinajstić information content (AvgIpc) is 2.77. The lowest BCUT2D eigenvalue weighted by Crippen LogP contribution is -2.00. The Morgan fingerprint density at radius 2 is 1.06 bits per heavy atom. The molecular weight excluding hydrogens is 388 g/mol. The second-order valence-corrected chi connectivity index (χ2v) is 8.08. The minimum atomic E-state index is -0.330. The maximum atomic E-state index is 11.1. The highest BCUT2D eigenvalue weighted by molar-refractivity contribution is 5.81. The van der Waals surface area contributed by atoms with Crippen molar-refractivity contribution in [2.45, 2.75) is 129 Å². The third-order valence-electron chi connectivity index (χ3n) is 5.11. The largest absolute Gasteiger partial charge is 0.463 e. The zero-order chi connectivity index (χ0) is 23.4. The van der Waals surface area contributed by atoms with Crippen molar-refractivity contribution in [1.82, 2.24) is 0 Å². The van der Waals surface area contributed by atoms with Gasteiger partial charge in [0.15, 0.2) is 0 Å². The average molecular weight is 439 g/mol. The lowest BCUT2D eigenvalue weighted by Gasteiger charge is -2.03. The van der Waals surface area contributed by atoms with Crippen LogP contribution in [-0.4, -0.2) is 18.5 Å². The molecule has 0 fully saturated rings. The Morgan fingerprint density at radius 3 is 1.45 bits per heavy atom. The second-order valence-electron chi connectivity index (χ2n) is 8.08. The van der Waals surface area contributed by atoms with Crippen LogP contribution in [0.1, 0.15) is 129 Å². The minimum Gasteiger partial charge on any atom is -0.463 e. The van der Waals surface area contributed by atoms with Crippen LogP contribution in [0.4, 0.5) is 0 Å². The van der Waals surface area contributed by atoms with E-state index in [2.05, 4.69) is 29.6 Å². The Bertz CT molecular complexity index is 417. The van der Waals surface area contributed by atoms with E-state index in [0.29, 0.717) is 13.0 Å². The fourth-order valence-corrected chi connectivity index (χ4v) is 3.17. The third-order valence-corrected chi connectivity index (χ3v) is 5.11. The van der Waals surface area contributed by atoms with Gasteiger partial charge in [-0.05, 0) is 12.8 Å². The highest BCUT2D eigenvalue weighted by Crippen LogP contribution is 2.13. The van der Waals surface area contributed by atoms with Crippen LogP contribution in [0, 0.1) is 0 Å². The van der Waals surface area contributed by atoms with Gasteiger partial charge in [0.1, 0.15) is 0 Å². The van der Waals surface area contributed by atoms with Crippen LogP contribution >= 0.6 is 0 Å². The van der Waals surface area contributed by atoms with Crippen molar-refractivity contribution in [2.75, 3.05) is 6.61 Å². The number of unbranched alkanes of at least 4 members (excludes halogenated alkanes) is 15. The number of hydrogen-bond donors (Lipinski definition) is 0. The Labute approximate surface area is 192 Å². The maximum Gasteiger partial charge on any atom is 0.330 e. The van der Waals surface area contributed by atoms with Gasteiger partial charge in [0.05, 0.1) is 12.9 Å². The fourth-order valence-electron chi connectivity index (χ4n) is 3.17. The zero-order valence-corrected chi connectivity index (χ0v) is 20.6. The van der Waals surface area contributed by atoms with Crippen molar-refractivity contribution in [2.24, 2.45) is 0 Å². The molecule has 0 bridgehead atoms. The van der Waals surface area contributed by atoms with Crippen LogP contribution in [-0.2, 0) is 19.1 Å². The van der Waals surface area contributed by atoms with Gasteiger partial charge in [-0.3, -0.25) is 4.79 Å². The number of esters is 2. The smallest absolute Gasteiger partial charge is 0.330 e. The zero-order valence-electron chi connectivity index (χ0n) is 20.6. The molecule has 4 heteroatoms. The highest BCUT2D eigenvalue weighted by Gasteiger charge is 2.00. The summed E-state index contributed by atoms with van der Waals surface area (Å²) in [6.07, 6.45) is 25.0. The van der Waals surface area contributed by atoms with Crippen LogP contribution in [0.25, 0.3) is 0 Å². The molecule has 0 saturated heterocycles. The van der Waals surface area contributed by atoms with Crippen molar-refractivity contribution >= 4 is 11.9 Å². The molecule has 0 atom stereocenters. The summed E-state index contributed by atoms with van der Waals surface area (Å²) in [5.74, 6) is -0.479. The van der Waals surface area contributed by atoms with Gasteiger partial charge < -0.3 is 9.47 Å². The summed E-state index contributed by atoms with van der Waals surface area (Å²) >= 11 is 0. The summed E-state index contributed by atoms with van der Waals surface area (Å²) in [5.41, 5.74) is 0. The molecule has 0 aliphatic carbocycles. The first-order valence-electron chi connectivity index (χ1n) is 12.7. The van der Waals surface area contributed by atoms with E-state index >= 15 is 0 Å². The molecule has 4 nitrogen and oxygen atoms in total. The van der Waals surface area contributed by atoms with Gasteiger partial charge in [-0.15, -0.1) is 0 Å². The first kappa shape index (κ1) is 31.6. The summed E-state index contributed by atoms with van der Waals surface area (Å²) in [6, 6.07) is 0. The van der Waals surface area contributed by atoms with E-state index in [9.17, 15) is 9.59 Å². The first-order chi connectivity index (χ1) is 15.1. The van der Waals surface area contributed by atoms with E-state index in [0.717, 1.165) is 25.7 Å². The molecule has 0 aromatic carbocycles. The minimum absolute atomic E-state index is 0.148. The molecule has 0 saturated carbocycles. The molecule has 0 unspecified atom stereocenters. The number of hydrogen-bond acceptors (Lipinski definition) is 4. The van der Waals surface area contributed by atoms with Gasteiger partial charge >= 0.3 is 11.9 Å². The molecule has 0 spiro atoms. The van der Waals surface area contributed by atoms with Gasteiger partial charge in [0.25, 0.3) is 0 Å². The molecule has 0 radical (unpaired) electrons. The normalized spacial score (nSPS) is 10.0. The quantitative estimate of drug-likeness (QED) is 0.0780. The molecule has 31 heavy (non-hydrogen) atoms. The Kier molecular flexibility index (Phi) is 29.0. The lowest BCUT2D eigenvalue weighted by atomic mass is 10.0. The molecule has 0 amide bonds. The van der Waals surface area contributed by atoms with Crippen LogP contribution in [0.3, 0.4) is 0 Å². The maximum absolute atomic E-state index is 11.1. The van der Waals surface area contributed by atoms with Crippen molar-refractivity contribution in [3.63, 3.8) is 0 Å². The number of carbonyl (C=O) groups excluding carboxylic acids is 2. The molecule has 182 valence electrons. The summed E-state index contributed by atoms with van der Waals surface area (Å²) < 4.78 is 9.36. The molecule has 0 N–H and O–H groups in total. The summed E-state index contributed by atoms with van der Waals surface area (Å²) in [6.45, 7) is 11.5.